The number of likely N-dealkylation sites (N-methyl/N-ethyl adjacent to an activating group) is 1. The van der Waals surface area contributed by atoms with E-state index in [1.165, 1.54) is 12.0 Å². The number of ether oxygens (including phenoxy) is 1. The molecule has 0 saturated carbocycles. The van der Waals surface area contributed by atoms with Crippen LogP contribution in [0, 0.1) is 6.92 Å². The maximum Gasteiger partial charge on any atom is 0.256 e. The molecule has 3 rings (SSSR count). The lowest BCUT2D eigenvalue weighted by Crippen LogP contribution is -2.58. The molecule has 0 saturated heterocycles. The van der Waals surface area contributed by atoms with Gasteiger partial charge in [0.2, 0.25) is 6.41 Å². The van der Waals surface area contributed by atoms with Gasteiger partial charge in [-0.25, -0.2) is 0 Å². The number of carbonyl (C=O) groups is 3. The van der Waals surface area contributed by atoms with Gasteiger partial charge < -0.3 is 14.2 Å². The van der Waals surface area contributed by atoms with E-state index in [1.54, 1.807) is 32.2 Å². The zero-order valence-corrected chi connectivity index (χ0v) is 15.2. The molecule has 1 aliphatic heterocycles. The molecule has 142 valence electrons. The van der Waals surface area contributed by atoms with Gasteiger partial charge in [-0.3, -0.25) is 25.0 Å². The predicted octanol–water partition coefficient (Wildman–Crippen LogP) is 0.335. The highest BCUT2D eigenvalue weighted by Gasteiger charge is 2.46. The van der Waals surface area contributed by atoms with Gasteiger partial charge in [0.25, 0.3) is 11.8 Å². The van der Waals surface area contributed by atoms with Gasteiger partial charge >= 0.3 is 0 Å². The molecule has 3 amide bonds. The highest BCUT2D eigenvalue weighted by molar-refractivity contribution is 6.00. The fourth-order valence-electron chi connectivity index (χ4n) is 3.20. The van der Waals surface area contributed by atoms with Crippen LogP contribution in [0.1, 0.15) is 27.4 Å². The molecule has 0 unspecified atom stereocenters. The highest BCUT2D eigenvalue weighted by atomic mass is 16.5. The predicted molar refractivity (Wildman–Crippen MR) is 93.9 cm³/mol. The second-order valence-corrected chi connectivity index (χ2v) is 6.26. The number of nitrogens with one attached hydrogen (secondary N) is 2. The first-order valence-corrected chi connectivity index (χ1v) is 8.28. The van der Waals surface area contributed by atoms with Crippen molar-refractivity contribution in [2.45, 2.75) is 19.0 Å². The standard InChI is InChI=1S/C18H20N4O5/c1-11-6-15(27-21-11)18(19-2,17(25)20-10-23)9-22-8-12-4-5-13(26-3)7-14(12)16(22)24/h4-7,10,19H,8-9H2,1-3H3,(H,20,23,25)/t18-/m0/s1. The maximum atomic E-state index is 12.9. The number of imide groups is 1. The van der Waals surface area contributed by atoms with Crippen molar-refractivity contribution < 1.29 is 23.6 Å². The average molecular weight is 372 g/mol. The van der Waals surface area contributed by atoms with Crippen LogP contribution in [0.5, 0.6) is 5.75 Å². The molecule has 1 atom stereocenters. The van der Waals surface area contributed by atoms with Crippen molar-refractivity contribution in [2.24, 2.45) is 0 Å². The third kappa shape index (κ3) is 3.17. The van der Waals surface area contributed by atoms with Gasteiger partial charge in [-0.2, -0.15) is 0 Å². The summed E-state index contributed by atoms with van der Waals surface area (Å²) in [5, 5.41) is 8.87. The minimum absolute atomic E-state index is 0.0480. The lowest BCUT2D eigenvalue weighted by molar-refractivity contribution is -0.132. The number of rotatable bonds is 7. The molecule has 27 heavy (non-hydrogen) atoms. The summed E-state index contributed by atoms with van der Waals surface area (Å²) in [5.41, 5.74) is 0.452. The molecule has 1 aromatic heterocycles. The number of amides is 3. The van der Waals surface area contributed by atoms with Gasteiger partial charge in [-0.15, -0.1) is 0 Å². The Balaban J connectivity index is 1.96. The molecule has 1 aliphatic rings. The molecule has 1 aromatic carbocycles. The maximum absolute atomic E-state index is 12.9. The smallest absolute Gasteiger partial charge is 0.256 e. The Hall–Kier alpha value is -3.20. The van der Waals surface area contributed by atoms with E-state index in [0.29, 0.717) is 30.0 Å². The minimum Gasteiger partial charge on any atom is -0.497 e. The van der Waals surface area contributed by atoms with Crippen LogP contribution in [0.4, 0.5) is 0 Å². The molecular formula is C18H20N4O5. The van der Waals surface area contributed by atoms with Gasteiger partial charge in [0.15, 0.2) is 11.3 Å². The van der Waals surface area contributed by atoms with Crippen molar-refractivity contribution in [2.75, 3.05) is 20.7 Å². The van der Waals surface area contributed by atoms with Crippen LogP contribution in [0.25, 0.3) is 0 Å². The van der Waals surface area contributed by atoms with Crippen molar-refractivity contribution in [3.8, 4) is 5.75 Å². The zero-order valence-electron chi connectivity index (χ0n) is 15.2. The summed E-state index contributed by atoms with van der Waals surface area (Å²) in [6.07, 6.45) is 0.295. The summed E-state index contributed by atoms with van der Waals surface area (Å²) in [7, 11) is 3.08. The molecule has 0 bridgehead atoms. The Kier molecular flexibility index (Phi) is 4.95. The van der Waals surface area contributed by atoms with Crippen LogP contribution in [0.3, 0.4) is 0 Å². The summed E-state index contributed by atoms with van der Waals surface area (Å²) in [5.74, 6) is -0.0901. The van der Waals surface area contributed by atoms with Crippen molar-refractivity contribution in [1.29, 1.82) is 0 Å². The van der Waals surface area contributed by atoms with Crippen molar-refractivity contribution in [3.05, 3.63) is 46.8 Å². The number of aromatic nitrogens is 1. The highest BCUT2D eigenvalue weighted by Crippen LogP contribution is 2.31. The normalized spacial score (nSPS) is 15.2. The monoisotopic (exact) mass is 372 g/mol. The number of aryl methyl sites for hydroxylation is 1. The van der Waals surface area contributed by atoms with Crippen molar-refractivity contribution in [3.63, 3.8) is 0 Å². The molecule has 9 heteroatoms. The van der Waals surface area contributed by atoms with Gasteiger partial charge in [-0.1, -0.05) is 11.2 Å². The van der Waals surface area contributed by atoms with Gasteiger partial charge in [-0.05, 0) is 31.7 Å². The molecule has 2 N–H and O–H groups in total. The summed E-state index contributed by atoms with van der Waals surface area (Å²) < 4.78 is 10.5. The van der Waals surface area contributed by atoms with Crippen LogP contribution < -0.4 is 15.4 Å². The number of carbonyl (C=O) groups excluding carboxylic acids is 3. The van der Waals surface area contributed by atoms with Crippen molar-refractivity contribution in [1.82, 2.24) is 20.7 Å². The number of fused-ring (bicyclic) bond motifs is 1. The van der Waals surface area contributed by atoms with Gasteiger partial charge in [0, 0.05) is 18.2 Å². The number of nitrogens with zero attached hydrogens (tertiary/aromatic N) is 2. The lowest BCUT2D eigenvalue weighted by atomic mass is 9.93. The van der Waals surface area contributed by atoms with Crippen LogP contribution in [0.2, 0.25) is 0 Å². The van der Waals surface area contributed by atoms with E-state index < -0.39 is 11.4 Å². The molecule has 0 radical (unpaired) electrons. The first-order valence-electron chi connectivity index (χ1n) is 8.28. The number of benzene rings is 1. The molecule has 0 spiro atoms. The zero-order chi connectivity index (χ0) is 19.6. The van der Waals surface area contributed by atoms with Crippen LogP contribution >= 0.6 is 0 Å². The largest absolute Gasteiger partial charge is 0.497 e. The molecular weight excluding hydrogens is 352 g/mol. The Morgan fingerprint density at radius 2 is 2.22 bits per heavy atom. The van der Waals surface area contributed by atoms with Crippen LogP contribution in [-0.4, -0.2) is 49.0 Å². The van der Waals surface area contributed by atoms with E-state index in [0.717, 1.165) is 5.56 Å². The van der Waals surface area contributed by atoms with E-state index in [4.69, 9.17) is 9.26 Å². The first-order chi connectivity index (χ1) is 12.9. The third-order valence-electron chi connectivity index (χ3n) is 4.68. The van der Waals surface area contributed by atoms with E-state index in [9.17, 15) is 14.4 Å². The summed E-state index contributed by atoms with van der Waals surface area (Å²) in [4.78, 5) is 38.0. The van der Waals surface area contributed by atoms with Crippen LogP contribution in [-0.2, 0) is 21.7 Å². The van der Waals surface area contributed by atoms with Gasteiger partial charge in [0.1, 0.15) is 5.75 Å². The number of methoxy groups -OCH3 is 1. The summed E-state index contributed by atoms with van der Waals surface area (Å²) in [6.45, 7) is 1.99. The Morgan fingerprint density at radius 3 is 2.81 bits per heavy atom. The first kappa shape index (κ1) is 18.6. The van der Waals surface area contributed by atoms with E-state index in [-0.39, 0.29) is 18.2 Å². The minimum atomic E-state index is -1.47. The van der Waals surface area contributed by atoms with Gasteiger partial charge in [0.05, 0.1) is 19.3 Å². The van der Waals surface area contributed by atoms with Crippen LogP contribution in [0.15, 0.2) is 28.8 Å². The molecule has 0 fully saturated rings. The summed E-state index contributed by atoms with van der Waals surface area (Å²) >= 11 is 0. The second-order valence-electron chi connectivity index (χ2n) is 6.26. The lowest BCUT2D eigenvalue weighted by Gasteiger charge is -2.32. The second kappa shape index (κ2) is 7.20. The fourth-order valence-corrected chi connectivity index (χ4v) is 3.20. The number of hydrogen-bond donors (Lipinski definition) is 2. The molecule has 2 heterocycles. The van der Waals surface area contributed by atoms with E-state index in [2.05, 4.69) is 15.8 Å². The molecule has 0 aliphatic carbocycles. The third-order valence-corrected chi connectivity index (χ3v) is 4.68. The Labute approximate surface area is 155 Å². The van der Waals surface area contributed by atoms with Crippen molar-refractivity contribution >= 4 is 18.2 Å². The summed E-state index contributed by atoms with van der Waals surface area (Å²) in [6, 6.07) is 6.86. The fraction of sp³-hybridized carbons (Fsp3) is 0.333. The SMILES string of the molecule is CN[C@](CN1Cc2ccc(OC)cc2C1=O)(C(=O)NC=O)c1cc(C)no1. The van der Waals surface area contributed by atoms with E-state index >= 15 is 0 Å². The Morgan fingerprint density at radius 1 is 1.44 bits per heavy atom. The number of hydrogen-bond acceptors (Lipinski definition) is 7. The topological polar surface area (TPSA) is 114 Å². The Bertz CT molecular complexity index is 894. The molecule has 2 aromatic rings. The molecule has 9 nitrogen and oxygen atoms in total. The quantitative estimate of drug-likeness (QED) is 0.674. The van der Waals surface area contributed by atoms with E-state index in [1.807, 2.05) is 6.07 Å². The average Bonchev–Trinajstić information content (AvgIpc) is 3.23.